The number of esters is 2. The van der Waals surface area contributed by atoms with Crippen LogP contribution in [0.3, 0.4) is 0 Å². The maximum atomic E-state index is 12.3. The zero-order chi connectivity index (χ0) is 17.5. The van der Waals surface area contributed by atoms with Crippen LogP contribution < -0.4 is 0 Å². The average Bonchev–Trinajstić information content (AvgIpc) is 3.18. The molecule has 0 N–H and O–H groups in total. The van der Waals surface area contributed by atoms with Crippen LogP contribution in [0.2, 0.25) is 0 Å². The lowest BCUT2D eigenvalue weighted by Crippen LogP contribution is -2.30. The normalized spacial score (nSPS) is 24.2. The van der Waals surface area contributed by atoms with E-state index in [0.29, 0.717) is 5.56 Å². The monoisotopic (exact) mass is 331 g/mol. The maximum Gasteiger partial charge on any atom is 0.338 e. The summed E-state index contributed by atoms with van der Waals surface area (Å²) in [4.78, 5) is 34.6. The molecular formula is C16H13NO7. The Labute approximate surface area is 136 Å². The van der Waals surface area contributed by atoms with E-state index >= 15 is 0 Å². The Kier molecular flexibility index (Phi) is 3.69. The van der Waals surface area contributed by atoms with Gasteiger partial charge in [0.2, 0.25) is 0 Å². The smallest absolute Gasteiger partial charge is 0.338 e. The van der Waals surface area contributed by atoms with Crippen molar-refractivity contribution in [1.82, 2.24) is 0 Å². The molecule has 124 valence electrons. The molecule has 0 aromatic heterocycles. The van der Waals surface area contributed by atoms with Gasteiger partial charge in [-0.05, 0) is 23.8 Å². The van der Waals surface area contributed by atoms with Gasteiger partial charge < -0.3 is 14.2 Å². The Bertz CT molecular complexity index is 793. The van der Waals surface area contributed by atoms with Gasteiger partial charge in [-0.3, -0.25) is 10.1 Å². The summed E-state index contributed by atoms with van der Waals surface area (Å²) >= 11 is 0. The van der Waals surface area contributed by atoms with Crippen molar-refractivity contribution in [3.8, 4) is 0 Å². The molecule has 0 unspecified atom stereocenters. The molecule has 0 saturated carbocycles. The van der Waals surface area contributed by atoms with Gasteiger partial charge in [-0.2, -0.15) is 0 Å². The van der Waals surface area contributed by atoms with E-state index in [1.54, 1.807) is 12.2 Å². The van der Waals surface area contributed by atoms with Crippen LogP contribution in [0.25, 0.3) is 0 Å². The molecule has 2 atom stereocenters. The standard InChI is InChI=1S/C16H13NO7/c1-22-14(18)12-11-7-8-16(24-11,13(12)15(19)23-2)9-3-5-10(6-4-9)17(20)21/h3-8,11H,1-2H3/t11-,16-/m1/s1. The predicted molar refractivity (Wildman–Crippen MR) is 79.8 cm³/mol. The minimum Gasteiger partial charge on any atom is -0.466 e. The highest BCUT2D eigenvalue weighted by atomic mass is 16.6. The van der Waals surface area contributed by atoms with Crippen LogP contribution in [0.1, 0.15) is 5.56 Å². The first-order valence-corrected chi connectivity index (χ1v) is 6.98. The van der Waals surface area contributed by atoms with Crippen molar-refractivity contribution < 1.29 is 28.7 Å². The van der Waals surface area contributed by atoms with Crippen molar-refractivity contribution >= 4 is 17.6 Å². The average molecular weight is 331 g/mol. The summed E-state index contributed by atoms with van der Waals surface area (Å²) in [5, 5.41) is 10.8. The van der Waals surface area contributed by atoms with Crippen molar-refractivity contribution in [2.24, 2.45) is 0 Å². The second-order valence-electron chi connectivity index (χ2n) is 5.21. The highest BCUT2D eigenvalue weighted by Gasteiger charge is 2.55. The third kappa shape index (κ3) is 2.11. The fraction of sp³-hybridized carbons (Fsp3) is 0.250. The van der Waals surface area contributed by atoms with Crippen molar-refractivity contribution in [2.45, 2.75) is 11.7 Å². The van der Waals surface area contributed by atoms with Gasteiger partial charge in [0.1, 0.15) is 11.7 Å². The summed E-state index contributed by atoms with van der Waals surface area (Å²) in [6.45, 7) is 0. The van der Waals surface area contributed by atoms with Crippen molar-refractivity contribution in [2.75, 3.05) is 14.2 Å². The lowest BCUT2D eigenvalue weighted by Gasteiger charge is -2.25. The summed E-state index contributed by atoms with van der Waals surface area (Å²) in [5.74, 6) is -1.41. The van der Waals surface area contributed by atoms with Crippen LogP contribution >= 0.6 is 0 Å². The zero-order valence-electron chi connectivity index (χ0n) is 12.8. The van der Waals surface area contributed by atoms with Crippen molar-refractivity contribution in [1.29, 1.82) is 0 Å². The first kappa shape index (κ1) is 15.9. The van der Waals surface area contributed by atoms with E-state index < -0.39 is 28.6 Å². The molecule has 0 amide bonds. The predicted octanol–water partition coefficient (Wildman–Crippen LogP) is 1.40. The largest absolute Gasteiger partial charge is 0.466 e. The lowest BCUT2D eigenvalue weighted by atomic mass is 9.81. The third-order valence-electron chi connectivity index (χ3n) is 4.05. The van der Waals surface area contributed by atoms with Gasteiger partial charge in [0, 0.05) is 12.1 Å². The minimum atomic E-state index is -1.32. The van der Waals surface area contributed by atoms with Gasteiger partial charge >= 0.3 is 11.9 Å². The summed E-state index contributed by atoms with van der Waals surface area (Å²) < 4.78 is 15.4. The van der Waals surface area contributed by atoms with Gasteiger partial charge in [-0.1, -0.05) is 6.08 Å². The lowest BCUT2D eigenvalue weighted by molar-refractivity contribution is -0.384. The van der Waals surface area contributed by atoms with E-state index in [4.69, 9.17) is 14.2 Å². The number of benzene rings is 1. The highest BCUT2D eigenvalue weighted by Crippen LogP contribution is 2.50. The third-order valence-corrected chi connectivity index (χ3v) is 4.05. The zero-order valence-corrected chi connectivity index (χ0v) is 12.8. The number of non-ortho nitro benzene ring substituents is 1. The molecule has 24 heavy (non-hydrogen) atoms. The molecule has 3 rings (SSSR count). The van der Waals surface area contributed by atoms with E-state index in [1.807, 2.05) is 0 Å². The molecule has 0 fully saturated rings. The molecule has 2 aliphatic heterocycles. The summed E-state index contributed by atoms with van der Waals surface area (Å²) in [5.41, 5.74) is -0.839. The van der Waals surface area contributed by atoms with Crippen LogP contribution in [0.15, 0.2) is 47.6 Å². The van der Waals surface area contributed by atoms with Crippen molar-refractivity contribution in [3.05, 3.63) is 63.2 Å². The number of carbonyl (C=O) groups is 2. The van der Waals surface area contributed by atoms with Gasteiger partial charge in [-0.15, -0.1) is 0 Å². The van der Waals surface area contributed by atoms with Gasteiger partial charge in [0.25, 0.3) is 5.69 Å². The Morgan fingerprint density at radius 1 is 1.17 bits per heavy atom. The van der Waals surface area contributed by atoms with Crippen LogP contribution in [-0.4, -0.2) is 37.2 Å². The molecule has 1 aromatic rings. The minimum absolute atomic E-state index is 0.0261. The summed E-state index contributed by atoms with van der Waals surface area (Å²) in [6.07, 6.45) is 2.54. The molecule has 0 radical (unpaired) electrons. The number of hydrogen-bond acceptors (Lipinski definition) is 7. The molecular weight excluding hydrogens is 318 g/mol. The first-order valence-electron chi connectivity index (χ1n) is 6.98. The van der Waals surface area contributed by atoms with Crippen molar-refractivity contribution in [3.63, 3.8) is 0 Å². The topological polar surface area (TPSA) is 105 Å². The number of nitro groups is 1. The molecule has 0 saturated heterocycles. The van der Waals surface area contributed by atoms with Gasteiger partial charge in [0.15, 0.2) is 0 Å². The van der Waals surface area contributed by atoms with E-state index in [2.05, 4.69) is 0 Å². The van der Waals surface area contributed by atoms with E-state index in [-0.39, 0.29) is 16.8 Å². The van der Waals surface area contributed by atoms with Gasteiger partial charge in [0.05, 0.1) is 30.3 Å². The molecule has 0 spiro atoms. The Balaban J connectivity index is 2.15. The van der Waals surface area contributed by atoms with E-state index in [0.717, 1.165) is 0 Å². The molecule has 8 heteroatoms. The van der Waals surface area contributed by atoms with E-state index in [9.17, 15) is 19.7 Å². The SMILES string of the molecule is COC(=O)C1=C(C(=O)OC)[C@]2(c3ccc([N+](=O)[O-])cc3)C=C[C@H]1O2. The van der Waals surface area contributed by atoms with Crippen LogP contribution in [-0.2, 0) is 29.4 Å². The first-order chi connectivity index (χ1) is 11.4. The Morgan fingerprint density at radius 2 is 1.79 bits per heavy atom. The molecule has 0 aliphatic carbocycles. The van der Waals surface area contributed by atoms with E-state index in [1.165, 1.54) is 38.5 Å². The second-order valence-corrected chi connectivity index (χ2v) is 5.21. The number of fused-ring (bicyclic) bond motifs is 2. The Morgan fingerprint density at radius 3 is 2.33 bits per heavy atom. The summed E-state index contributed by atoms with van der Waals surface area (Å²) in [7, 11) is 2.40. The number of hydrogen-bond donors (Lipinski definition) is 0. The van der Waals surface area contributed by atoms with Crippen LogP contribution in [0.5, 0.6) is 0 Å². The number of rotatable bonds is 4. The maximum absolute atomic E-state index is 12.3. The number of ether oxygens (including phenoxy) is 3. The molecule has 8 nitrogen and oxygen atoms in total. The number of carbonyl (C=O) groups excluding carboxylic acids is 2. The quantitative estimate of drug-likeness (QED) is 0.355. The Hall–Kier alpha value is -3.00. The molecule has 1 aromatic carbocycles. The molecule has 2 heterocycles. The molecule has 2 bridgehead atoms. The van der Waals surface area contributed by atoms with Crippen LogP contribution in [0.4, 0.5) is 5.69 Å². The highest BCUT2D eigenvalue weighted by molar-refractivity contribution is 6.05. The van der Waals surface area contributed by atoms with Gasteiger partial charge in [-0.25, -0.2) is 9.59 Å². The summed E-state index contributed by atoms with van der Waals surface area (Å²) in [6, 6.07) is 5.57. The number of methoxy groups -OCH3 is 2. The second kappa shape index (κ2) is 5.57. The fourth-order valence-corrected chi connectivity index (χ4v) is 2.97. The molecule has 2 aliphatic rings. The fourth-order valence-electron chi connectivity index (χ4n) is 2.97. The van der Waals surface area contributed by atoms with Crippen LogP contribution in [0, 0.1) is 10.1 Å². The number of nitrogens with zero attached hydrogens (tertiary/aromatic N) is 1. The number of nitro benzene ring substituents is 1.